The lowest BCUT2D eigenvalue weighted by Gasteiger charge is -2.25. The average molecular weight is 187 g/mol. The Morgan fingerprint density at radius 3 is 2.58 bits per heavy atom. The quantitative estimate of drug-likeness (QED) is 0.374. The van der Waals surface area contributed by atoms with Crippen LogP contribution in [0.4, 0.5) is 0 Å². The highest BCUT2D eigenvalue weighted by Crippen LogP contribution is 2.40. The topological polar surface area (TPSA) is 12.5 Å². The Balaban J connectivity index is 1.80. The highest BCUT2D eigenvalue weighted by Gasteiger charge is 2.33. The molecule has 1 aliphatic carbocycles. The third-order valence-corrected chi connectivity index (χ3v) is 3.52. The number of ether oxygens (including phenoxy) is 1. The maximum absolute atomic E-state index is 5.99. The zero-order chi connectivity index (χ0) is 8.44. The third-order valence-electron chi connectivity index (χ3n) is 2.95. The van der Waals surface area contributed by atoms with Gasteiger partial charge in [0, 0.05) is 5.88 Å². The molecule has 1 nitrogen and oxygen atoms in total. The van der Waals surface area contributed by atoms with Crippen LogP contribution >= 0.6 is 11.6 Å². The molecule has 1 unspecified atom stereocenters. The number of hydrogen-bond donors (Lipinski definition) is 0. The first-order chi connectivity index (χ1) is 5.85. The maximum atomic E-state index is 5.99. The molecule has 2 heteroatoms. The molecule has 0 N–H and O–H groups in total. The third kappa shape index (κ3) is 1.83. The number of allylic oxidation sites excluding steroid dienone is 2. The summed E-state index contributed by atoms with van der Waals surface area (Å²) in [5.74, 6) is 0.798. The predicted molar refractivity (Wildman–Crippen MR) is 50.5 cm³/mol. The summed E-state index contributed by atoms with van der Waals surface area (Å²) < 4.78 is 5.19. The Morgan fingerprint density at radius 1 is 1.42 bits per heavy atom. The second kappa shape index (κ2) is 3.39. The van der Waals surface area contributed by atoms with Crippen molar-refractivity contribution in [3.05, 3.63) is 12.2 Å². The van der Waals surface area contributed by atoms with Gasteiger partial charge in [-0.2, -0.15) is 0 Å². The predicted octanol–water partition coefficient (Wildman–Crippen LogP) is 2.74. The van der Waals surface area contributed by atoms with E-state index in [-0.39, 0.29) is 0 Å². The van der Waals surface area contributed by atoms with Crippen LogP contribution in [0.1, 0.15) is 25.7 Å². The zero-order valence-electron chi connectivity index (χ0n) is 7.26. The molecule has 12 heavy (non-hydrogen) atoms. The molecule has 0 saturated carbocycles. The minimum atomic E-state index is 0.382. The van der Waals surface area contributed by atoms with Gasteiger partial charge in [0.15, 0.2) is 0 Å². The van der Waals surface area contributed by atoms with E-state index in [4.69, 9.17) is 16.3 Å². The molecule has 0 amide bonds. The van der Waals surface area contributed by atoms with Crippen LogP contribution in [0.15, 0.2) is 12.2 Å². The summed E-state index contributed by atoms with van der Waals surface area (Å²) in [7, 11) is 0. The van der Waals surface area contributed by atoms with Crippen LogP contribution in [-0.4, -0.2) is 18.6 Å². The Morgan fingerprint density at radius 2 is 2.08 bits per heavy atom. The number of epoxide rings is 1. The molecule has 2 aliphatic rings. The van der Waals surface area contributed by atoms with Crippen LogP contribution in [0.25, 0.3) is 0 Å². The van der Waals surface area contributed by atoms with Crippen LogP contribution in [0.2, 0.25) is 0 Å². The monoisotopic (exact) mass is 186 g/mol. The van der Waals surface area contributed by atoms with E-state index in [1.807, 2.05) is 0 Å². The van der Waals surface area contributed by atoms with Gasteiger partial charge in [-0.05, 0) is 31.1 Å². The van der Waals surface area contributed by atoms with Gasteiger partial charge in [-0.15, -0.1) is 11.6 Å². The van der Waals surface area contributed by atoms with Crippen LogP contribution in [-0.2, 0) is 4.74 Å². The summed E-state index contributed by atoms with van der Waals surface area (Å²) in [6, 6.07) is 0. The van der Waals surface area contributed by atoms with Crippen molar-refractivity contribution in [3.63, 3.8) is 0 Å². The first kappa shape index (κ1) is 8.58. The van der Waals surface area contributed by atoms with Gasteiger partial charge in [0.2, 0.25) is 0 Å². The molecule has 2 rings (SSSR count). The van der Waals surface area contributed by atoms with Gasteiger partial charge in [-0.3, -0.25) is 0 Å². The summed E-state index contributed by atoms with van der Waals surface area (Å²) >= 11 is 5.99. The van der Waals surface area contributed by atoms with Gasteiger partial charge >= 0.3 is 0 Å². The van der Waals surface area contributed by atoms with Gasteiger partial charge in [0.05, 0.1) is 12.7 Å². The van der Waals surface area contributed by atoms with E-state index in [1.54, 1.807) is 0 Å². The van der Waals surface area contributed by atoms with Gasteiger partial charge in [-0.25, -0.2) is 0 Å². The first-order valence-corrected chi connectivity index (χ1v) is 5.21. The van der Waals surface area contributed by atoms with Gasteiger partial charge < -0.3 is 4.74 Å². The van der Waals surface area contributed by atoms with Gasteiger partial charge in [0.25, 0.3) is 0 Å². The molecule has 1 heterocycles. The molecule has 1 saturated heterocycles. The molecule has 1 aliphatic heterocycles. The second-order valence-corrected chi connectivity index (χ2v) is 4.27. The lowest BCUT2D eigenvalue weighted by molar-refractivity contribution is 0.291. The van der Waals surface area contributed by atoms with Crippen LogP contribution in [0, 0.1) is 5.41 Å². The fraction of sp³-hybridized carbons (Fsp3) is 0.800. The molecular formula is C10H15ClO. The van der Waals surface area contributed by atoms with Crippen molar-refractivity contribution in [1.29, 1.82) is 0 Å². The minimum absolute atomic E-state index is 0.382. The number of rotatable bonds is 4. The summed E-state index contributed by atoms with van der Waals surface area (Å²) in [6.07, 6.45) is 9.85. The fourth-order valence-corrected chi connectivity index (χ4v) is 2.18. The molecule has 68 valence electrons. The lowest BCUT2D eigenvalue weighted by atomic mass is 9.82. The number of alkyl halides is 1. The van der Waals surface area contributed by atoms with E-state index in [1.165, 1.54) is 25.7 Å². The van der Waals surface area contributed by atoms with Gasteiger partial charge in [-0.1, -0.05) is 12.2 Å². The van der Waals surface area contributed by atoms with Crippen molar-refractivity contribution in [3.8, 4) is 0 Å². The molecule has 0 aromatic rings. The van der Waals surface area contributed by atoms with E-state index < -0.39 is 0 Å². The second-order valence-electron chi connectivity index (χ2n) is 4.01. The molecular weight excluding hydrogens is 172 g/mol. The summed E-state index contributed by atoms with van der Waals surface area (Å²) in [6.45, 7) is 0.978. The zero-order valence-corrected chi connectivity index (χ0v) is 8.02. The minimum Gasteiger partial charge on any atom is -0.373 e. The maximum Gasteiger partial charge on any atom is 0.0810 e. The Hall–Kier alpha value is -0.0100. The molecule has 1 fully saturated rings. The van der Waals surface area contributed by atoms with Crippen LogP contribution < -0.4 is 0 Å². The van der Waals surface area contributed by atoms with E-state index in [0.717, 1.165) is 12.5 Å². The average Bonchev–Trinajstić information content (AvgIpc) is 2.82. The molecule has 0 aromatic carbocycles. The summed E-state index contributed by atoms with van der Waals surface area (Å²) in [5, 5.41) is 0. The standard InChI is InChI=1S/C10H15ClO/c11-8-10(4-1-2-5-10)6-3-9-7-12-9/h1-2,9H,3-8H2. The van der Waals surface area contributed by atoms with Crippen molar-refractivity contribution in [2.24, 2.45) is 5.41 Å². The van der Waals surface area contributed by atoms with Crippen molar-refractivity contribution in [1.82, 2.24) is 0 Å². The highest BCUT2D eigenvalue weighted by molar-refractivity contribution is 6.18. The van der Waals surface area contributed by atoms with E-state index in [2.05, 4.69) is 12.2 Å². The van der Waals surface area contributed by atoms with Crippen molar-refractivity contribution < 1.29 is 4.74 Å². The fourth-order valence-electron chi connectivity index (χ4n) is 1.83. The van der Waals surface area contributed by atoms with Crippen molar-refractivity contribution >= 4 is 11.6 Å². The van der Waals surface area contributed by atoms with Crippen LogP contribution in [0.3, 0.4) is 0 Å². The van der Waals surface area contributed by atoms with E-state index in [0.29, 0.717) is 11.5 Å². The number of hydrogen-bond acceptors (Lipinski definition) is 1. The Bertz CT molecular complexity index is 176. The smallest absolute Gasteiger partial charge is 0.0810 e. The van der Waals surface area contributed by atoms with Gasteiger partial charge in [0.1, 0.15) is 0 Å². The Kier molecular flexibility index (Phi) is 2.42. The molecule has 0 spiro atoms. The summed E-state index contributed by atoms with van der Waals surface area (Å²) in [4.78, 5) is 0. The first-order valence-electron chi connectivity index (χ1n) is 4.67. The van der Waals surface area contributed by atoms with Crippen molar-refractivity contribution in [2.75, 3.05) is 12.5 Å². The molecule has 0 bridgehead atoms. The molecule has 1 atom stereocenters. The van der Waals surface area contributed by atoms with E-state index >= 15 is 0 Å². The molecule has 0 radical (unpaired) electrons. The molecule has 0 aromatic heterocycles. The SMILES string of the molecule is ClCC1(CCC2CO2)CC=CC1. The normalized spacial score (nSPS) is 30.9. The largest absolute Gasteiger partial charge is 0.373 e. The lowest BCUT2D eigenvalue weighted by Crippen LogP contribution is -2.19. The van der Waals surface area contributed by atoms with E-state index in [9.17, 15) is 0 Å². The van der Waals surface area contributed by atoms with Crippen LogP contribution in [0.5, 0.6) is 0 Å². The van der Waals surface area contributed by atoms with Crippen molar-refractivity contribution in [2.45, 2.75) is 31.8 Å². The number of halogens is 1. The summed E-state index contributed by atoms with van der Waals surface area (Å²) in [5.41, 5.74) is 0.382. The Labute approximate surface area is 78.7 Å². The highest BCUT2D eigenvalue weighted by atomic mass is 35.5.